The molecule has 0 saturated heterocycles. The summed E-state index contributed by atoms with van der Waals surface area (Å²) in [5.74, 6) is 0.626. The first-order chi connectivity index (χ1) is 17.0. The number of pyridine rings is 1. The van der Waals surface area contributed by atoms with E-state index < -0.39 is 10.0 Å². The molecule has 182 valence electrons. The van der Waals surface area contributed by atoms with Gasteiger partial charge in [0.05, 0.1) is 10.6 Å². The van der Waals surface area contributed by atoms with E-state index in [1.165, 1.54) is 31.0 Å². The van der Waals surface area contributed by atoms with Crippen LogP contribution in [0.2, 0.25) is 0 Å². The van der Waals surface area contributed by atoms with Gasteiger partial charge in [0.15, 0.2) is 0 Å². The largest absolute Gasteiger partial charge is 0.438 e. The molecule has 1 fully saturated rings. The van der Waals surface area contributed by atoms with Gasteiger partial charge in [-0.1, -0.05) is 43.5 Å². The molecule has 2 aromatic carbocycles. The molecule has 3 aromatic rings. The van der Waals surface area contributed by atoms with Gasteiger partial charge >= 0.3 is 0 Å². The summed E-state index contributed by atoms with van der Waals surface area (Å²) in [5, 5.41) is 2.69. The zero-order chi connectivity index (χ0) is 24.7. The summed E-state index contributed by atoms with van der Waals surface area (Å²) in [6, 6.07) is 16.9. The molecule has 1 aromatic heterocycles. The highest BCUT2D eigenvalue weighted by atomic mass is 32.2. The molecule has 1 aliphatic carbocycles. The molecule has 1 heterocycles. The molecule has 1 aliphatic rings. The predicted molar refractivity (Wildman–Crippen MR) is 136 cm³/mol. The molecule has 1 saturated carbocycles. The highest BCUT2D eigenvalue weighted by Crippen LogP contribution is 2.33. The fraction of sp³-hybridized carbons (Fsp3) is 0.259. The number of ether oxygens (including phenoxy) is 1. The van der Waals surface area contributed by atoms with Gasteiger partial charge < -0.3 is 10.1 Å². The van der Waals surface area contributed by atoms with Crippen molar-refractivity contribution in [2.45, 2.75) is 42.9 Å². The van der Waals surface area contributed by atoms with Gasteiger partial charge in [-0.2, -0.15) is 0 Å². The molecule has 0 atom stereocenters. The number of aromatic nitrogens is 1. The summed E-state index contributed by atoms with van der Waals surface area (Å²) in [4.78, 5) is 16.7. The fourth-order valence-corrected chi connectivity index (χ4v) is 5.26. The lowest BCUT2D eigenvalue weighted by molar-refractivity contribution is 0.0955. The monoisotopic (exact) mass is 491 g/mol. The van der Waals surface area contributed by atoms with Crippen LogP contribution >= 0.6 is 0 Å². The van der Waals surface area contributed by atoms with Crippen molar-refractivity contribution in [3.8, 4) is 11.6 Å². The average Bonchev–Trinajstić information content (AvgIpc) is 2.88. The number of sulfonamides is 1. The second-order valence-corrected chi connectivity index (χ2v) is 10.2. The Bertz CT molecular complexity index is 1280. The lowest BCUT2D eigenvalue weighted by atomic mass is 9.84. The highest BCUT2D eigenvalue weighted by molar-refractivity contribution is 7.92. The maximum Gasteiger partial charge on any atom is 0.261 e. The van der Waals surface area contributed by atoms with Crippen molar-refractivity contribution in [1.82, 2.24) is 10.3 Å². The zero-order valence-electron chi connectivity index (χ0n) is 19.4. The fourth-order valence-electron chi connectivity index (χ4n) is 4.21. The standard InChI is InChI=1S/C27H29N3O4S/c1-2-17-28-26(31)25-12-7-18-29-27(25)34-23-11-6-10-22(19-23)30-35(32,33)24-15-13-21(14-16-24)20-8-4-3-5-9-20/h2,6-7,10-16,18-20,30H,1,3-5,8-9,17H2,(H,28,31). The minimum Gasteiger partial charge on any atom is -0.438 e. The Labute approximate surface area is 206 Å². The smallest absolute Gasteiger partial charge is 0.261 e. The summed E-state index contributed by atoms with van der Waals surface area (Å²) in [5.41, 5.74) is 1.80. The molecule has 8 heteroatoms. The molecule has 0 bridgehead atoms. The number of anilines is 1. The summed E-state index contributed by atoms with van der Waals surface area (Å²) in [6.07, 6.45) is 9.14. The minimum atomic E-state index is -3.78. The Morgan fingerprint density at radius 1 is 1.06 bits per heavy atom. The van der Waals surface area contributed by atoms with Crippen LogP contribution in [0.25, 0.3) is 0 Å². The summed E-state index contributed by atoms with van der Waals surface area (Å²) in [6.45, 7) is 3.90. The zero-order valence-corrected chi connectivity index (χ0v) is 20.3. The van der Waals surface area contributed by atoms with Crippen molar-refractivity contribution >= 4 is 21.6 Å². The van der Waals surface area contributed by atoms with Gasteiger partial charge in [-0.05, 0) is 60.7 Å². The van der Waals surface area contributed by atoms with Crippen molar-refractivity contribution in [3.63, 3.8) is 0 Å². The first kappa shape index (κ1) is 24.5. The van der Waals surface area contributed by atoms with Crippen molar-refractivity contribution in [2.75, 3.05) is 11.3 Å². The molecular weight excluding hydrogens is 462 g/mol. The summed E-state index contributed by atoms with van der Waals surface area (Å²) >= 11 is 0. The number of carbonyl (C=O) groups excluding carboxylic acids is 1. The van der Waals surface area contributed by atoms with Crippen LogP contribution in [0.3, 0.4) is 0 Å². The quantitative estimate of drug-likeness (QED) is 0.378. The van der Waals surface area contributed by atoms with Crippen LogP contribution in [0.5, 0.6) is 11.6 Å². The van der Waals surface area contributed by atoms with E-state index in [0.29, 0.717) is 23.9 Å². The van der Waals surface area contributed by atoms with E-state index in [1.807, 2.05) is 12.1 Å². The molecule has 7 nitrogen and oxygen atoms in total. The van der Waals surface area contributed by atoms with Gasteiger partial charge in [0, 0.05) is 18.8 Å². The normalized spacial score (nSPS) is 14.2. The van der Waals surface area contributed by atoms with E-state index in [2.05, 4.69) is 21.6 Å². The van der Waals surface area contributed by atoms with Gasteiger partial charge in [-0.15, -0.1) is 6.58 Å². The van der Waals surface area contributed by atoms with Crippen LogP contribution in [0.4, 0.5) is 5.69 Å². The Kier molecular flexibility index (Phi) is 7.82. The number of hydrogen-bond donors (Lipinski definition) is 2. The number of benzene rings is 2. The number of amides is 1. The molecule has 1 amide bonds. The third-order valence-electron chi connectivity index (χ3n) is 5.99. The molecule has 0 unspecified atom stereocenters. The van der Waals surface area contributed by atoms with Gasteiger partial charge in [0.2, 0.25) is 5.88 Å². The minimum absolute atomic E-state index is 0.118. The maximum absolute atomic E-state index is 13.0. The topological polar surface area (TPSA) is 97.4 Å². The van der Waals surface area contributed by atoms with Crippen LogP contribution in [0.15, 0.2) is 84.4 Å². The Morgan fingerprint density at radius 2 is 1.83 bits per heavy atom. The van der Waals surface area contributed by atoms with Crippen LogP contribution in [0.1, 0.15) is 53.9 Å². The second kappa shape index (κ2) is 11.2. The highest BCUT2D eigenvalue weighted by Gasteiger charge is 2.19. The van der Waals surface area contributed by atoms with Gasteiger partial charge in [-0.3, -0.25) is 9.52 Å². The van der Waals surface area contributed by atoms with Crippen LogP contribution < -0.4 is 14.8 Å². The Hall–Kier alpha value is -3.65. The van der Waals surface area contributed by atoms with E-state index in [4.69, 9.17) is 4.74 Å². The summed E-state index contributed by atoms with van der Waals surface area (Å²) in [7, 11) is -3.78. The first-order valence-corrected chi connectivity index (χ1v) is 13.2. The molecule has 0 spiro atoms. The van der Waals surface area contributed by atoms with E-state index in [-0.39, 0.29) is 22.2 Å². The number of rotatable bonds is 9. The predicted octanol–water partition coefficient (Wildman–Crippen LogP) is 5.64. The number of hydrogen-bond acceptors (Lipinski definition) is 5. The average molecular weight is 492 g/mol. The Balaban J connectivity index is 1.48. The SMILES string of the molecule is C=CCNC(=O)c1cccnc1Oc1cccc(NS(=O)(=O)c2ccc(C3CCCCC3)cc2)c1. The molecular formula is C27H29N3O4S. The molecule has 35 heavy (non-hydrogen) atoms. The van der Waals surface area contributed by atoms with Gasteiger partial charge in [0.1, 0.15) is 11.3 Å². The number of nitrogens with zero attached hydrogens (tertiary/aromatic N) is 1. The van der Waals surface area contributed by atoms with Gasteiger partial charge in [-0.25, -0.2) is 13.4 Å². The van der Waals surface area contributed by atoms with Crippen molar-refractivity contribution < 1.29 is 17.9 Å². The lowest BCUT2D eigenvalue weighted by Crippen LogP contribution is -2.23. The molecule has 2 N–H and O–H groups in total. The third-order valence-corrected chi connectivity index (χ3v) is 7.39. The van der Waals surface area contributed by atoms with Crippen molar-refractivity contribution in [1.29, 1.82) is 0 Å². The Morgan fingerprint density at radius 3 is 2.57 bits per heavy atom. The number of carbonyl (C=O) groups is 1. The molecule has 4 rings (SSSR count). The van der Waals surface area contributed by atoms with Gasteiger partial charge in [0.25, 0.3) is 15.9 Å². The molecule has 0 aliphatic heterocycles. The van der Waals surface area contributed by atoms with Crippen LogP contribution in [-0.2, 0) is 10.0 Å². The van der Waals surface area contributed by atoms with E-state index in [1.54, 1.807) is 54.6 Å². The van der Waals surface area contributed by atoms with E-state index in [9.17, 15) is 13.2 Å². The van der Waals surface area contributed by atoms with E-state index >= 15 is 0 Å². The maximum atomic E-state index is 13.0. The number of nitrogens with one attached hydrogen (secondary N) is 2. The second-order valence-electron chi connectivity index (χ2n) is 8.49. The third kappa shape index (κ3) is 6.27. The van der Waals surface area contributed by atoms with E-state index in [0.717, 1.165) is 12.8 Å². The summed E-state index contributed by atoms with van der Waals surface area (Å²) < 4.78 is 34.4. The van der Waals surface area contributed by atoms with Crippen molar-refractivity contribution in [2.24, 2.45) is 0 Å². The van der Waals surface area contributed by atoms with Crippen molar-refractivity contribution in [3.05, 3.63) is 90.6 Å². The van der Waals surface area contributed by atoms with Crippen LogP contribution in [-0.4, -0.2) is 25.9 Å². The lowest BCUT2D eigenvalue weighted by Gasteiger charge is -2.22. The first-order valence-electron chi connectivity index (χ1n) is 11.7. The van der Waals surface area contributed by atoms with Crippen LogP contribution in [0, 0.1) is 0 Å². The molecule has 0 radical (unpaired) electrons.